The van der Waals surface area contributed by atoms with Crippen LogP contribution in [0, 0.1) is 5.82 Å². The van der Waals surface area contributed by atoms with Gasteiger partial charge in [-0.3, -0.25) is 0 Å². The lowest BCUT2D eigenvalue weighted by atomic mass is 9.98. The minimum atomic E-state index is -0.729. The van der Waals surface area contributed by atoms with Crippen molar-refractivity contribution in [2.75, 3.05) is 7.11 Å². The molecule has 0 bridgehead atoms. The maximum atomic E-state index is 13.6. The summed E-state index contributed by atoms with van der Waals surface area (Å²) in [5, 5.41) is 9.52. The van der Waals surface area contributed by atoms with Gasteiger partial charge < -0.3 is 9.84 Å². The van der Waals surface area contributed by atoms with Crippen LogP contribution in [0.4, 0.5) is 4.39 Å². The molecule has 1 unspecified atom stereocenters. The van der Waals surface area contributed by atoms with Crippen LogP contribution in [0.15, 0.2) is 12.1 Å². The van der Waals surface area contributed by atoms with E-state index in [1.807, 2.05) is 13.8 Å². The molecule has 1 aromatic carbocycles. The average Bonchev–Trinajstić information content (AvgIpc) is 2.16. The van der Waals surface area contributed by atoms with Gasteiger partial charge in [0.25, 0.3) is 0 Å². The van der Waals surface area contributed by atoms with Crippen molar-refractivity contribution < 1.29 is 14.2 Å². The van der Waals surface area contributed by atoms with Crippen molar-refractivity contribution in [2.24, 2.45) is 0 Å². The summed E-state index contributed by atoms with van der Waals surface area (Å²) >= 11 is 0. The lowest BCUT2D eigenvalue weighted by Crippen LogP contribution is -2.02. The van der Waals surface area contributed by atoms with Gasteiger partial charge in [-0.25, -0.2) is 4.39 Å². The lowest BCUT2D eigenvalue weighted by molar-refractivity contribution is 0.192. The number of aliphatic hydroxyl groups is 1. The van der Waals surface area contributed by atoms with Crippen molar-refractivity contribution in [3.05, 3.63) is 29.1 Å². The van der Waals surface area contributed by atoms with Gasteiger partial charge in [-0.1, -0.05) is 13.8 Å². The number of ether oxygens (including phenoxy) is 1. The van der Waals surface area contributed by atoms with Crippen LogP contribution in [0.3, 0.4) is 0 Å². The van der Waals surface area contributed by atoms with E-state index >= 15 is 0 Å². The number of hydrogen-bond acceptors (Lipinski definition) is 2. The molecule has 3 heteroatoms. The summed E-state index contributed by atoms with van der Waals surface area (Å²) in [6.07, 6.45) is -0.729. The second-order valence-electron chi connectivity index (χ2n) is 3.96. The second-order valence-corrected chi connectivity index (χ2v) is 3.96. The van der Waals surface area contributed by atoms with E-state index in [-0.39, 0.29) is 11.7 Å². The van der Waals surface area contributed by atoms with Gasteiger partial charge in [0.05, 0.1) is 13.2 Å². The highest BCUT2D eigenvalue weighted by atomic mass is 19.1. The molecule has 0 amide bonds. The van der Waals surface area contributed by atoms with Crippen LogP contribution in [0.1, 0.15) is 43.9 Å². The normalized spacial score (nSPS) is 13.0. The fourth-order valence-corrected chi connectivity index (χ4v) is 1.50. The fourth-order valence-electron chi connectivity index (χ4n) is 1.50. The topological polar surface area (TPSA) is 29.5 Å². The van der Waals surface area contributed by atoms with Crippen molar-refractivity contribution in [3.63, 3.8) is 0 Å². The molecule has 0 saturated carbocycles. The quantitative estimate of drug-likeness (QED) is 0.834. The number of methoxy groups -OCH3 is 1. The van der Waals surface area contributed by atoms with Crippen LogP contribution in [0.25, 0.3) is 0 Å². The molecule has 0 aliphatic rings. The summed E-state index contributed by atoms with van der Waals surface area (Å²) in [4.78, 5) is 0. The first-order chi connectivity index (χ1) is 6.97. The van der Waals surface area contributed by atoms with Gasteiger partial charge in [0.1, 0.15) is 0 Å². The van der Waals surface area contributed by atoms with E-state index in [0.717, 1.165) is 5.56 Å². The number of benzene rings is 1. The highest BCUT2D eigenvalue weighted by Gasteiger charge is 2.16. The summed E-state index contributed by atoms with van der Waals surface area (Å²) in [5.74, 6) is -0.0584. The SMILES string of the molecule is COc1c(F)cc(C(C)C)cc1C(C)O. The Balaban J connectivity index is 3.32. The molecule has 1 atom stereocenters. The molecule has 0 heterocycles. The minimum Gasteiger partial charge on any atom is -0.493 e. The van der Waals surface area contributed by atoms with Gasteiger partial charge in [0.2, 0.25) is 0 Å². The number of rotatable bonds is 3. The first-order valence-corrected chi connectivity index (χ1v) is 5.02. The van der Waals surface area contributed by atoms with E-state index in [1.54, 1.807) is 13.0 Å². The molecule has 1 aromatic rings. The Labute approximate surface area is 89.7 Å². The summed E-state index contributed by atoms with van der Waals surface area (Å²) in [6.45, 7) is 5.56. The second kappa shape index (κ2) is 4.62. The van der Waals surface area contributed by atoms with Crippen LogP contribution in [0.5, 0.6) is 5.75 Å². The van der Waals surface area contributed by atoms with Gasteiger partial charge in [0.15, 0.2) is 11.6 Å². The zero-order valence-corrected chi connectivity index (χ0v) is 9.54. The monoisotopic (exact) mass is 212 g/mol. The fraction of sp³-hybridized carbons (Fsp3) is 0.500. The highest BCUT2D eigenvalue weighted by Crippen LogP contribution is 2.31. The maximum Gasteiger partial charge on any atom is 0.165 e. The first kappa shape index (κ1) is 12.0. The van der Waals surface area contributed by atoms with E-state index in [2.05, 4.69) is 0 Å². The molecule has 84 valence electrons. The van der Waals surface area contributed by atoms with Crippen LogP contribution in [-0.2, 0) is 0 Å². The standard InChI is InChI=1S/C12H17FO2/c1-7(2)9-5-10(8(3)14)12(15-4)11(13)6-9/h5-8,14H,1-4H3. The molecular weight excluding hydrogens is 195 g/mol. The van der Waals surface area contributed by atoms with Crippen molar-refractivity contribution in [3.8, 4) is 5.75 Å². The summed E-state index contributed by atoms with van der Waals surface area (Å²) in [7, 11) is 1.40. The first-order valence-electron chi connectivity index (χ1n) is 5.02. The molecule has 0 aliphatic heterocycles. The van der Waals surface area contributed by atoms with Crippen molar-refractivity contribution in [1.82, 2.24) is 0 Å². The van der Waals surface area contributed by atoms with Gasteiger partial charge in [-0.15, -0.1) is 0 Å². The molecular formula is C12H17FO2. The Hall–Kier alpha value is -1.09. The van der Waals surface area contributed by atoms with Crippen LogP contribution in [-0.4, -0.2) is 12.2 Å². The molecule has 2 nitrogen and oxygen atoms in total. The Morgan fingerprint density at radius 3 is 2.27 bits per heavy atom. The zero-order valence-electron chi connectivity index (χ0n) is 9.54. The van der Waals surface area contributed by atoms with Gasteiger partial charge in [-0.2, -0.15) is 0 Å². The van der Waals surface area contributed by atoms with E-state index in [9.17, 15) is 9.50 Å². The number of aliphatic hydroxyl groups excluding tert-OH is 1. The van der Waals surface area contributed by atoms with Gasteiger partial charge in [-0.05, 0) is 30.5 Å². The Morgan fingerprint density at radius 2 is 1.87 bits per heavy atom. The van der Waals surface area contributed by atoms with E-state index in [0.29, 0.717) is 5.56 Å². The molecule has 1 N–H and O–H groups in total. The van der Waals surface area contributed by atoms with Crippen molar-refractivity contribution >= 4 is 0 Å². The molecule has 0 saturated heterocycles. The summed E-state index contributed by atoms with van der Waals surface area (Å²) in [6, 6.07) is 3.24. The third-order valence-corrected chi connectivity index (χ3v) is 2.42. The van der Waals surface area contributed by atoms with E-state index < -0.39 is 11.9 Å². The van der Waals surface area contributed by atoms with Crippen molar-refractivity contribution in [2.45, 2.75) is 32.8 Å². The number of halogens is 1. The predicted octanol–water partition coefficient (Wildman–Crippen LogP) is 3.01. The number of hydrogen-bond donors (Lipinski definition) is 1. The molecule has 0 aromatic heterocycles. The van der Waals surface area contributed by atoms with Gasteiger partial charge >= 0.3 is 0 Å². The minimum absolute atomic E-state index is 0.134. The van der Waals surface area contributed by atoms with Crippen LogP contribution >= 0.6 is 0 Å². The third-order valence-electron chi connectivity index (χ3n) is 2.42. The average molecular weight is 212 g/mol. The molecule has 15 heavy (non-hydrogen) atoms. The Kier molecular flexibility index (Phi) is 3.69. The Bertz CT molecular complexity index is 346. The van der Waals surface area contributed by atoms with Gasteiger partial charge in [0, 0.05) is 5.56 Å². The molecule has 0 spiro atoms. The molecule has 0 fully saturated rings. The lowest BCUT2D eigenvalue weighted by Gasteiger charge is -2.15. The largest absolute Gasteiger partial charge is 0.493 e. The zero-order chi connectivity index (χ0) is 11.6. The van der Waals surface area contributed by atoms with E-state index in [1.165, 1.54) is 13.2 Å². The molecule has 1 rings (SSSR count). The maximum absolute atomic E-state index is 13.6. The van der Waals surface area contributed by atoms with Crippen molar-refractivity contribution in [1.29, 1.82) is 0 Å². The van der Waals surface area contributed by atoms with Crippen LogP contribution < -0.4 is 4.74 Å². The molecule has 0 aliphatic carbocycles. The highest BCUT2D eigenvalue weighted by molar-refractivity contribution is 5.41. The van der Waals surface area contributed by atoms with E-state index in [4.69, 9.17) is 4.74 Å². The molecule has 0 radical (unpaired) electrons. The smallest absolute Gasteiger partial charge is 0.165 e. The summed E-state index contributed by atoms with van der Waals surface area (Å²) < 4.78 is 18.5. The third kappa shape index (κ3) is 2.48. The predicted molar refractivity (Wildman–Crippen MR) is 57.7 cm³/mol. The van der Waals surface area contributed by atoms with Crippen LogP contribution in [0.2, 0.25) is 0 Å². The Morgan fingerprint density at radius 1 is 1.27 bits per heavy atom. The summed E-state index contributed by atoms with van der Waals surface area (Å²) in [5.41, 5.74) is 1.37.